The molecule has 0 amide bonds. The maximum Gasteiger partial charge on any atom is 0.219 e. The number of hydrogen-bond donors (Lipinski definition) is 0. The van der Waals surface area contributed by atoms with Gasteiger partial charge in [-0.25, -0.2) is 4.98 Å². The number of rotatable bonds is 4. The molecule has 0 aliphatic carbocycles. The number of ether oxygens (including phenoxy) is 1. The minimum Gasteiger partial charge on any atom is -0.439 e. The molecule has 3 aromatic carbocycles. The van der Waals surface area contributed by atoms with Crippen LogP contribution in [0.4, 0.5) is 0 Å². The van der Waals surface area contributed by atoms with Crippen LogP contribution in [0.3, 0.4) is 0 Å². The van der Waals surface area contributed by atoms with Gasteiger partial charge in [-0.15, -0.1) is 0 Å². The lowest BCUT2D eigenvalue weighted by Gasteiger charge is -2.09. The smallest absolute Gasteiger partial charge is 0.219 e. The van der Waals surface area contributed by atoms with Gasteiger partial charge in [0.15, 0.2) is 0 Å². The zero-order valence-corrected chi connectivity index (χ0v) is 19.0. The molecule has 3 aromatic heterocycles. The molecule has 33 heavy (non-hydrogen) atoms. The van der Waals surface area contributed by atoms with Gasteiger partial charge in [0.25, 0.3) is 0 Å². The Morgan fingerprint density at radius 2 is 1.45 bits per heavy atom. The van der Waals surface area contributed by atoms with Crippen molar-refractivity contribution in [1.29, 1.82) is 0 Å². The summed E-state index contributed by atoms with van der Waals surface area (Å²) in [5, 5.41) is 5.38. The summed E-state index contributed by atoms with van der Waals surface area (Å²) in [6, 6.07) is 33.6. The fourth-order valence-corrected chi connectivity index (χ4v) is 7.06. The molecule has 6 aromatic rings. The molecule has 1 unspecified atom stereocenters. The van der Waals surface area contributed by atoms with Crippen LogP contribution in [0.15, 0.2) is 109 Å². The third-order valence-electron chi connectivity index (χ3n) is 5.89. The number of fused-ring (bicyclic) bond motifs is 3. The zero-order valence-electron chi connectivity index (χ0n) is 18.1. The SMILES string of the molecule is Cc1cccnc1-p1c2ccccc2c2ccc(-c3cccc(Oc4ccccn4)c3)cc21. The van der Waals surface area contributed by atoms with E-state index in [-0.39, 0.29) is 0 Å². The molecular weight excluding hydrogens is 423 g/mol. The van der Waals surface area contributed by atoms with Crippen LogP contribution in [0.1, 0.15) is 5.56 Å². The Kier molecular flexibility index (Phi) is 4.90. The summed E-state index contributed by atoms with van der Waals surface area (Å²) in [6.45, 7) is 2.16. The number of hydrogen-bond acceptors (Lipinski definition) is 3. The van der Waals surface area contributed by atoms with E-state index in [0.717, 1.165) is 11.3 Å². The van der Waals surface area contributed by atoms with Crippen LogP contribution in [-0.2, 0) is 0 Å². The molecule has 3 nitrogen and oxygen atoms in total. The summed E-state index contributed by atoms with van der Waals surface area (Å²) < 4.78 is 5.97. The molecule has 0 aliphatic heterocycles. The first-order valence-electron chi connectivity index (χ1n) is 10.9. The minimum atomic E-state index is -0.699. The highest BCUT2D eigenvalue weighted by Gasteiger charge is 2.16. The van der Waals surface area contributed by atoms with Gasteiger partial charge in [0.05, 0.1) is 5.44 Å². The predicted molar refractivity (Wildman–Crippen MR) is 138 cm³/mol. The van der Waals surface area contributed by atoms with Crippen LogP contribution < -0.4 is 4.74 Å². The Hall–Kier alpha value is -3.94. The van der Waals surface area contributed by atoms with Crippen molar-refractivity contribution in [2.24, 2.45) is 0 Å². The van der Waals surface area contributed by atoms with E-state index in [9.17, 15) is 0 Å². The Bertz CT molecular complexity index is 1610. The normalized spacial score (nSPS) is 11.7. The van der Waals surface area contributed by atoms with Gasteiger partial charge in [0.1, 0.15) is 5.75 Å². The molecule has 0 N–H and O–H groups in total. The Labute approximate surface area is 193 Å². The Morgan fingerprint density at radius 3 is 2.33 bits per heavy atom. The molecule has 0 aliphatic rings. The van der Waals surface area contributed by atoms with Crippen molar-refractivity contribution in [3.8, 4) is 28.2 Å². The van der Waals surface area contributed by atoms with Gasteiger partial charge in [0, 0.05) is 28.7 Å². The van der Waals surface area contributed by atoms with Crippen molar-refractivity contribution in [2.75, 3.05) is 0 Å². The first-order valence-corrected chi connectivity index (χ1v) is 12.3. The number of nitrogens with zero attached hydrogens (tertiary/aromatic N) is 2. The van der Waals surface area contributed by atoms with Gasteiger partial charge in [-0.05, 0) is 70.8 Å². The van der Waals surface area contributed by atoms with Crippen LogP contribution in [0.25, 0.3) is 37.6 Å². The summed E-state index contributed by atoms with van der Waals surface area (Å²) in [5.41, 5.74) is 4.72. The minimum absolute atomic E-state index is 0.591. The van der Waals surface area contributed by atoms with E-state index in [1.165, 1.54) is 37.6 Å². The molecule has 0 fully saturated rings. The van der Waals surface area contributed by atoms with Crippen LogP contribution >= 0.6 is 7.53 Å². The zero-order chi connectivity index (χ0) is 22.2. The maximum absolute atomic E-state index is 5.97. The van der Waals surface area contributed by atoms with Crippen molar-refractivity contribution < 1.29 is 4.74 Å². The lowest BCUT2D eigenvalue weighted by molar-refractivity contribution is 0.463. The van der Waals surface area contributed by atoms with Crippen molar-refractivity contribution in [1.82, 2.24) is 9.97 Å². The van der Waals surface area contributed by atoms with E-state index in [2.05, 4.69) is 72.6 Å². The third-order valence-corrected chi connectivity index (χ3v) is 8.51. The standard InChI is InChI=1S/C29H21N2OP/c1-20-8-7-17-31-29(20)33-26-12-3-2-11-24(26)25-15-14-22(19-27(25)33)21-9-6-10-23(18-21)32-28-13-4-5-16-30-28/h2-19H,1H3. The van der Waals surface area contributed by atoms with Crippen molar-refractivity contribution in [3.63, 3.8) is 0 Å². The highest BCUT2D eigenvalue weighted by Crippen LogP contribution is 2.55. The molecule has 3 heterocycles. The number of aryl methyl sites for hydroxylation is 1. The van der Waals surface area contributed by atoms with Crippen LogP contribution in [-0.4, -0.2) is 9.97 Å². The molecule has 158 valence electrons. The first kappa shape index (κ1) is 19.7. The molecule has 1 atom stereocenters. The highest BCUT2D eigenvalue weighted by molar-refractivity contribution is 7.67. The summed E-state index contributed by atoms with van der Waals surface area (Å²) in [4.78, 5) is 9.10. The fourth-order valence-electron chi connectivity index (χ4n) is 4.36. The first-order chi connectivity index (χ1) is 16.3. The van der Waals surface area contributed by atoms with Crippen molar-refractivity contribution >= 4 is 28.5 Å². The number of aromatic nitrogens is 2. The molecular formula is C29H21N2OP. The second-order valence-electron chi connectivity index (χ2n) is 8.03. The molecule has 0 saturated carbocycles. The van der Waals surface area contributed by atoms with Gasteiger partial charge in [-0.1, -0.05) is 62.1 Å². The predicted octanol–water partition coefficient (Wildman–Crippen LogP) is 8.53. The lowest BCUT2D eigenvalue weighted by Crippen LogP contribution is -1.87. The van der Waals surface area contributed by atoms with Crippen LogP contribution in [0, 0.1) is 6.92 Å². The van der Waals surface area contributed by atoms with E-state index < -0.39 is 7.53 Å². The Morgan fingerprint density at radius 1 is 0.636 bits per heavy atom. The molecule has 0 radical (unpaired) electrons. The average molecular weight is 444 g/mol. The van der Waals surface area contributed by atoms with E-state index >= 15 is 0 Å². The number of pyridine rings is 2. The van der Waals surface area contributed by atoms with E-state index in [0.29, 0.717) is 5.88 Å². The van der Waals surface area contributed by atoms with Gasteiger partial charge in [-0.2, -0.15) is 0 Å². The van der Waals surface area contributed by atoms with Crippen LogP contribution in [0.2, 0.25) is 0 Å². The fraction of sp³-hybridized carbons (Fsp3) is 0.0345. The van der Waals surface area contributed by atoms with E-state index in [4.69, 9.17) is 9.72 Å². The monoisotopic (exact) mass is 444 g/mol. The van der Waals surface area contributed by atoms with Crippen LogP contribution in [0.5, 0.6) is 11.6 Å². The topological polar surface area (TPSA) is 35.0 Å². The van der Waals surface area contributed by atoms with Gasteiger partial charge in [-0.3, -0.25) is 4.98 Å². The largest absolute Gasteiger partial charge is 0.439 e. The van der Waals surface area contributed by atoms with Gasteiger partial charge >= 0.3 is 0 Å². The van der Waals surface area contributed by atoms with Crippen molar-refractivity contribution in [3.05, 3.63) is 115 Å². The lowest BCUT2D eigenvalue weighted by atomic mass is 10.0. The Balaban J connectivity index is 1.52. The molecule has 4 heteroatoms. The quantitative estimate of drug-likeness (QED) is 0.273. The van der Waals surface area contributed by atoms with Crippen molar-refractivity contribution in [2.45, 2.75) is 6.92 Å². The van der Waals surface area contributed by atoms with E-state index in [1.807, 2.05) is 42.6 Å². The number of benzene rings is 3. The van der Waals surface area contributed by atoms with Gasteiger partial charge < -0.3 is 4.74 Å². The summed E-state index contributed by atoms with van der Waals surface area (Å²) in [7, 11) is -0.699. The maximum atomic E-state index is 5.97. The average Bonchev–Trinajstić information content (AvgIpc) is 3.19. The third kappa shape index (κ3) is 3.57. The second-order valence-corrected chi connectivity index (χ2v) is 10.1. The van der Waals surface area contributed by atoms with Gasteiger partial charge in [0.2, 0.25) is 5.88 Å². The second kappa shape index (κ2) is 8.20. The molecule has 0 spiro atoms. The molecule has 0 saturated heterocycles. The summed E-state index contributed by atoms with van der Waals surface area (Å²) in [6.07, 6.45) is 3.65. The molecule has 6 rings (SSSR count). The molecule has 0 bridgehead atoms. The van der Waals surface area contributed by atoms with E-state index in [1.54, 1.807) is 6.20 Å². The highest BCUT2D eigenvalue weighted by atomic mass is 31.1. The summed E-state index contributed by atoms with van der Waals surface area (Å²) >= 11 is 0. The summed E-state index contributed by atoms with van der Waals surface area (Å²) in [5.74, 6) is 1.37.